The Balaban J connectivity index is 1.13. The molecule has 0 saturated carbocycles. The van der Waals surface area contributed by atoms with Crippen LogP contribution in [0, 0.1) is 17.3 Å². The van der Waals surface area contributed by atoms with Crippen molar-refractivity contribution in [3.05, 3.63) is 140 Å². The molecule has 0 bridgehead atoms. The van der Waals surface area contributed by atoms with Gasteiger partial charge in [0.2, 0.25) is 0 Å². The first-order valence-electron chi connectivity index (χ1n) is 17.4. The summed E-state index contributed by atoms with van der Waals surface area (Å²) in [4.78, 5) is 2.66. The van der Waals surface area contributed by atoms with Crippen LogP contribution in [-0.2, 0) is 6.42 Å². The number of anilines is 1. The maximum absolute atomic E-state index is 4.08. The lowest BCUT2D eigenvalue weighted by Gasteiger charge is -2.53. The van der Waals surface area contributed by atoms with Crippen molar-refractivity contribution < 1.29 is 0 Å². The normalized spacial score (nSPS) is 27.6. The zero-order chi connectivity index (χ0) is 30.1. The molecule has 6 aliphatic rings. The Bertz CT molecular complexity index is 1930. The number of rotatable bonds is 4. The van der Waals surface area contributed by atoms with Crippen LogP contribution in [0.3, 0.4) is 0 Å². The largest absolute Gasteiger partial charge is 0.332 e. The Hall–Kier alpha value is -3.88. The number of nitrogens with one attached hydrogen (secondary N) is 1. The van der Waals surface area contributed by atoms with Crippen molar-refractivity contribution in [1.82, 2.24) is 5.32 Å². The summed E-state index contributed by atoms with van der Waals surface area (Å²) in [6, 6.07) is 25.4. The van der Waals surface area contributed by atoms with Gasteiger partial charge in [0, 0.05) is 11.6 Å². The van der Waals surface area contributed by atoms with Crippen molar-refractivity contribution in [3.63, 3.8) is 0 Å². The summed E-state index contributed by atoms with van der Waals surface area (Å²) in [5.74, 6) is 1.14. The number of hydrogen-bond acceptors (Lipinski definition) is 2. The van der Waals surface area contributed by atoms with Crippen LogP contribution in [0.4, 0.5) is 5.69 Å². The molecule has 1 fully saturated rings. The Morgan fingerprint density at radius 3 is 2.62 bits per heavy atom. The van der Waals surface area contributed by atoms with Gasteiger partial charge in [-0.2, -0.15) is 0 Å². The molecule has 0 spiro atoms. The lowest BCUT2D eigenvalue weighted by Crippen LogP contribution is -2.65. The summed E-state index contributed by atoms with van der Waals surface area (Å²) < 4.78 is 0. The maximum Gasteiger partial charge on any atom is 0.109 e. The molecule has 0 radical (unpaired) electrons. The topological polar surface area (TPSA) is 15.3 Å². The van der Waals surface area contributed by atoms with E-state index in [1.54, 1.807) is 11.1 Å². The summed E-state index contributed by atoms with van der Waals surface area (Å²) in [6.45, 7) is 5.00. The van der Waals surface area contributed by atoms with Gasteiger partial charge in [0.05, 0.1) is 0 Å². The molecule has 0 aromatic heterocycles. The van der Waals surface area contributed by atoms with Crippen LogP contribution in [0.15, 0.2) is 108 Å². The molecule has 1 saturated heterocycles. The third-order valence-electron chi connectivity index (χ3n) is 11.9. The summed E-state index contributed by atoms with van der Waals surface area (Å²) >= 11 is 0. The maximum atomic E-state index is 4.08. The fourth-order valence-electron chi connectivity index (χ4n) is 9.52. The van der Waals surface area contributed by atoms with E-state index in [1.165, 1.54) is 75.2 Å². The molecule has 2 heteroatoms. The highest BCUT2D eigenvalue weighted by Gasteiger charge is 2.49. The zero-order valence-corrected chi connectivity index (χ0v) is 26.7. The average molecular weight is 589 g/mol. The minimum Gasteiger partial charge on any atom is -0.332 e. The van der Waals surface area contributed by atoms with E-state index in [4.69, 9.17) is 0 Å². The van der Waals surface area contributed by atoms with Gasteiger partial charge < -0.3 is 4.90 Å². The molecule has 1 aliphatic heterocycles. The Morgan fingerprint density at radius 1 is 0.822 bits per heavy atom. The van der Waals surface area contributed by atoms with Crippen LogP contribution in [0.5, 0.6) is 0 Å². The van der Waals surface area contributed by atoms with Crippen molar-refractivity contribution in [2.45, 2.75) is 77.5 Å². The molecular formula is C43H44N2. The van der Waals surface area contributed by atoms with Crippen molar-refractivity contribution >= 4 is 23.4 Å². The van der Waals surface area contributed by atoms with Gasteiger partial charge in [-0.1, -0.05) is 110 Å². The molecule has 2 nitrogen and oxygen atoms in total. The van der Waals surface area contributed by atoms with Gasteiger partial charge in [0.1, 0.15) is 12.3 Å². The van der Waals surface area contributed by atoms with Gasteiger partial charge in [-0.05, 0) is 125 Å². The first-order valence-corrected chi connectivity index (χ1v) is 17.4. The van der Waals surface area contributed by atoms with Crippen LogP contribution in [0.2, 0.25) is 0 Å². The summed E-state index contributed by atoms with van der Waals surface area (Å²) in [6.07, 6.45) is 24.8. The minimum absolute atomic E-state index is 0.126. The molecule has 9 rings (SSSR count). The fourth-order valence-corrected chi connectivity index (χ4v) is 9.52. The van der Waals surface area contributed by atoms with Gasteiger partial charge in [-0.3, -0.25) is 5.32 Å². The van der Waals surface area contributed by atoms with E-state index in [9.17, 15) is 0 Å². The number of allylic oxidation sites excluding steroid dienone is 5. The molecule has 4 unspecified atom stereocenters. The van der Waals surface area contributed by atoms with Crippen molar-refractivity contribution in [3.8, 4) is 0 Å². The van der Waals surface area contributed by atoms with Crippen molar-refractivity contribution in [2.75, 3.05) is 4.90 Å². The van der Waals surface area contributed by atoms with E-state index in [-0.39, 0.29) is 17.7 Å². The molecule has 0 amide bonds. The van der Waals surface area contributed by atoms with Gasteiger partial charge in [0.25, 0.3) is 0 Å². The number of nitrogens with zero attached hydrogens (tertiary/aromatic N) is 1. The third kappa shape index (κ3) is 4.40. The number of hydrogen-bond donors (Lipinski definition) is 1. The van der Waals surface area contributed by atoms with Gasteiger partial charge >= 0.3 is 0 Å². The minimum atomic E-state index is 0.126. The van der Waals surface area contributed by atoms with E-state index in [0.29, 0.717) is 11.8 Å². The number of fused-ring (bicyclic) bond motifs is 4. The van der Waals surface area contributed by atoms with Crippen LogP contribution < -0.4 is 20.7 Å². The number of aryl methyl sites for hydroxylation is 1. The van der Waals surface area contributed by atoms with Crippen LogP contribution in [-0.4, -0.2) is 6.17 Å². The molecule has 3 aromatic rings. The highest BCUT2D eigenvalue weighted by Crippen LogP contribution is 2.58. The van der Waals surface area contributed by atoms with E-state index in [0.717, 1.165) is 25.7 Å². The fraction of sp³-hybridized carbons (Fsp3) is 0.349. The molecule has 226 valence electrons. The summed E-state index contributed by atoms with van der Waals surface area (Å²) in [7, 11) is 0. The molecule has 1 N–H and O–H groups in total. The first kappa shape index (κ1) is 27.4. The van der Waals surface area contributed by atoms with E-state index < -0.39 is 0 Å². The van der Waals surface area contributed by atoms with Crippen molar-refractivity contribution in [2.24, 2.45) is 17.3 Å². The second-order valence-corrected chi connectivity index (χ2v) is 14.6. The lowest BCUT2D eigenvalue weighted by atomic mass is 9.71. The van der Waals surface area contributed by atoms with E-state index in [2.05, 4.69) is 127 Å². The quantitative estimate of drug-likeness (QED) is 0.308. The predicted molar refractivity (Wildman–Crippen MR) is 188 cm³/mol. The van der Waals surface area contributed by atoms with Crippen LogP contribution in [0.25, 0.3) is 17.7 Å². The third-order valence-corrected chi connectivity index (χ3v) is 11.9. The molecular weight excluding hydrogens is 544 g/mol. The Kier molecular flexibility index (Phi) is 6.46. The highest BCUT2D eigenvalue weighted by molar-refractivity contribution is 5.69. The second-order valence-electron chi connectivity index (χ2n) is 14.6. The lowest BCUT2D eigenvalue weighted by molar-refractivity contribution is 0.290. The second kappa shape index (κ2) is 10.6. The van der Waals surface area contributed by atoms with E-state index in [1.807, 2.05) is 0 Å². The molecule has 1 heterocycles. The molecule has 5 aliphatic carbocycles. The Labute approximate surface area is 268 Å². The van der Waals surface area contributed by atoms with Crippen LogP contribution in [0.1, 0.15) is 87.2 Å². The average Bonchev–Trinajstić information content (AvgIpc) is 3.30. The highest BCUT2D eigenvalue weighted by atomic mass is 15.5. The van der Waals surface area contributed by atoms with Gasteiger partial charge in [0.15, 0.2) is 0 Å². The molecule has 45 heavy (non-hydrogen) atoms. The summed E-state index contributed by atoms with van der Waals surface area (Å²) in [5.41, 5.74) is 13.6. The Morgan fingerprint density at radius 2 is 1.71 bits per heavy atom. The first-order chi connectivity index (χ1) is 22.1. The predicted octanol–water partition coefficient (Wildman–Crippen LogP) is 8.49. The molecule has 4 atom stereocenters. The van der Waals surface area contributed by atoms with Crippen molar-refractivity contribution in [1.29, 1.82) is 0 Å². The SMILES string of the molecule is CC1(C)C2=C(CCCC2)C2C=C(C3NC(c4ccc5c(c4)=C(c4ccccc4)CCC=5)N3c3ccc4c(c3)C=CCC4)C=CC21. The number of benzene rings is 3. The molecule has 3 aromatic carbocycles. The van der Waals surface area contributed by atoms with E-state index >= 15 is 0 Å². The zero-order valence-electron chi connectivity index (χ0n) is 26.7. The van der Waals surface area contributed by atoms with Gasteiger partial charge in [-0.15, -0.1) is 0 Å². The smallest absolute Gasteiger partial charge is 0.109 e. The van der Waals surface area contributed by atoms with Gasteiger partial charge in [-0.25, -0.2) is 0 Å². The monoisotopic (exact) mass is 588 g/mol. The standard InChI is InChI=1S/C43H44N2/c1-43(2)39-18-9-8-16-36(39)38-27-33(22-24-40(38)43)42-44-41(45(42)34-23-21-28-11-6-7-14-31(28)25-34)32-20-19-30-15-10-17-35(37(30)26-32)29-12-4-3-5-13-29/h3-5,7,12-15,19-27,38,40-42,44H,6,8-11,16-18H2,1-2H3. The van der Waals surface area contributed by atoms with Crippen LogP contribution >= 0.6 is 0 Å². The summed E-state index contributed by atoms with van der Waals surface area (Å²) in [5, 5.41) is 6.85.